The van der Waals surface area contributed by atoms with Crippen molar-refractivity contribution in [1.29, 1.82) is 0 Å². The Hall–Kier alpha value is -1.79. The number of rotatable bonds is 2. The molecule has 3 heterocycles. The average Bonchev–Trinajstić information content (AvgIpc) is 2.55. The second-order valence-corrected chi connectivity index (χ2v) is 6.55. The van der Waals surface area contributed by atoms with Crippen molar-refractivity contribution in [1.82, 2.24) is 14.9 Å². The Morgan fingerprint density at radius 2 is 2.13 bits per heavy atom. The normalized spacial score (nSPS) is 15.7. The zero-order valence-corrected chi connectivity index (χ0v) is 14.5. The van der Waals surface area contributed by atoms with E-state index in [9.17, 15) is 0 Å². The summed E-state index contributed by atoms with van der Waals surface area (Å²) in [6.07, 6.45) is 5.47. The standard InChI is InChI=1S/C16H17N5S.ClH/c1-21-8-2-5-17-14(21)10-11-3-4-13-12(9-11)20-15-16(22-13)19-7-6-18-15;/h3-4,6-7,9H,2,5,8,10H2,1H3,(H,18,20);1H. The summed E-state index contributed by atoms with van der Waals surface area (Å²) in [5, 5.41) is 4.31. The summed E-state index contributed by atoms with van der Waals surface area (Å²) in [6.45, 7) is 2.04. The number of fused-ring (bicyclic) bond motifs is 2. The highest BCUT2D eigenvalue weighted by Crippen LogP contribution is 2.42. The minimum atomic E-state index is 0. The molecule has 0 fully saturated rings. The molecule has 1 aromatic heterocycles. The van der Waals surface area contributed by atoms with Gasteiger partial charge in [0.15, 0.2) is 5.82 Å². The lowest BCUT2D eigenvalue weighted by atomic mass is 10.1. The van der Waals surface area contributed by atoms with Crippen molar-refractivity contribution in [3.8, 4) is 0 Å². The first-order valence-electron chi connectivity index (χ1n) is 7.43. The number of benzene rings is 1. The first kappa shape index (κ1) is 16.1. The molecule has 0 radical (unpaired) electrons. The van der Waals surface area contributed by atoms with E-state index in [0.717, 1.165) is 42.5 Å². The van der Waals surface area contributed by atoms with Crippen LogP contribution in [0.25, 0.3) is 0 Å². The van der Waals surface area contributed by atoms with Crippen molar-refractivity contribution < 1.29 is 0 Å². The summed E-state index contributed by atoms with van der Waals surface area (Å²) in [7, 11) is 2.12. The molecule has 1 N–H and O–H groups in total. The van der Waals surface area contributed by atoms with Gasteiger partial charge in [0.05, 0.1) is 5.69 Å². The molecule has 0 saturated carbocycles. The van der Waals surface area contributed by atoms with Crippen LogP contribution in [0, 0.1) is 0 Å². The van der Waals surface area contributed by atoms with Gasteiger partial charge >= 0.3 is 0 Å². The Kier molecular flexibility index (Phi) is 4.73. The zero-order chi connectivity index (χ0) is 14.9. The Labute approximate surface area is 146 Å². The van der Waals surface area contributed by atoms with Crippen molar-refractivity contribution in [2.24, 2.45) is 4.99 Å². The topological polar surface area (TPSA) is 53.4 Å². The lowest BCUT2D eigenvalue weighted by molar-refractivity contribution is 0.459. The number of hydrogen-bond acceptors (Lipinski definition) is 6. The number of amidine groups is 1. The van der Waals surface area contributed by atoms with E-state index in [2.05, 4.69) is 50.4 Å². The van der Waals surface area contributed by atoms with Crippen LogP contribution >= 0.6 is 24.2 Å². The highest BCUT2D eigenvalue weighted by molar-refractivity contribution is 7.99. The van der Waals surface area contributed by atoms with Gasteiger partial charge in [-0.3, -0.25) is 4.99 Å². The van der Waals surface area contributed by atoms with Gasteiger partial charge in [0.2, 0.25) is 0 Å². The van der Waals surface area contributed by atoms with Crippen molar-refractivity contribution in [3.63, 3.8) is 0 Å². The summed E-state index contributed by atoms with van der Waals surface area (Å²) >= 11 is 1.66. The largest absolute Gasteiger partial charge is 0.363 e. The molecule has 0 atom stereocenters. The van der Waals surface area contributed by atoms with Gasteiger partial charge in [-0.1, -0.05) is 17.8 Å². The molecule has 120 valence electrons. The molecule has 0 amide bonds. The number of likely N-dealkylation sites (N-methyl/N-ethyl adjacent to an activating group) is 1. The predicted octanol–water partition coefficient (Wildman–Crippen LogP) is 3.38. The molecule has 0 unspecified atom stereocenters. The van der Waals surface area contributed by atoms with Crippen LogP contribution < -0.4 is 5.32 Å². The SMILES string of the molecule is CN1CCCN=C1Cc1ccc2c(c1)Nc1nccnc1S2.Cl. The molecule has 2 aliphatic heterocycles. The molecule has 2 aromatic rings. The molecule has 1 aromatic carbocycles. The van der Waals surface area contributed by atoms with E-state index in [1.165, 1.54) is 16.3 Å². The van der Waals surface area contributed by atoms with Gasteiger partial charge in [0.25, 0.3) is 0 Å². The third-order valence-corrected chi connectivity index (χ3v) is 4.99. The van der Waals surface area contributed by atoms with Gasteiger partial charge < -0.3 is 10.2 Å². The van der Waals surface area contributed by atoms with E-state index >= 15 is 0 Å². The van der Waals surface area contributed by atoms with Crippen molar-refractivity contribution in [2.45, 2.75) is 22.8 Å². The minimum Gasteiger partial charge on any atom is -0.363 e. The van der Waals surface area contributed by atoms with Gasteiger partial charge in [-0.15, -0.1) is 12.4 Å². The molecule has 0 bridgehead atoms. The Morgan fingerprint density at radius 3 is 3.00 bits per heavy atom. The van der Waals surface area contributed by atoms with Crippen LogP contribution in [-0.4, -0.2) is 40.8 Å². The molecule has 0 spiro atoms. The predicted molar refractivity (Wildman–Crippen MR) is 96.4 cm³/mol. The molecule has 0 aliphatic carbocycles. The van der Waals surface area contributed by atoms with Crippen LogP contribution in [0.5, 0.6) is 0 Å². The van der Waals surface area contributed by atoms with E-state index < -0.39 is 0 Å². The number of hydrogen-bond donors (Lipinski definition) is 1. The van der Waals surface area contributed by atoms with E-state index in [1.807, 2.05) is 0 Å². The molecule has 5 nitrogen and oxygen atoms in total. The second-order valence-electron chi connectivity index (χ2n) is 5.52. The summed E-state index contributed by atoms with van der Waals surface area (Å²) in [4.78, 5) is 16.8. The molecule has 0 saturated heterocycles. The summed E-state index contributed by atoms with van der Waals surface area (Å²) in [5.74, 6) is 2.01. The molecule has 23 heavy (non-hydrogen) atoms. The third kappa shape index (κ3) is 3.28. The Morgan fingerprint density at radius 1 is 1.26 bits per heavy atom. The van der Waals surface area contributed by atoms with E-state index in [1.54, 1.807) is 24.2 Å². The summed E-state index contributed by atoms with van der Waals surface area (Å²) < 4.78 is 0. The van der Waals surface area contributed by atoms with E-state index in [-0.39, 0.29) is 12.4 Å². The zero-order valence-electron chi connectivity index (χ0n) is 12.8. The van der Waals surface area contributed by atoms with Crippen LogP contribution in [0.3, 0.4) is 0 Å². The third-order valence-electron chi connectivity index (χ3n) is 3.92. The summed E-state index contributed by atoms with van der Waals surface area (Å²) in [6, 6.07) is 6.54. The molecular weight excluding hydrogens is 330 g/mol. The highest BCUT2D eigenvalue weighted by Gasteiger charge is 2.18. The van der Waals surface area contributed by atoms with Crippen molar-refractivity contribution in [2.75, 3.05) is 25.5 Å². The Bertz CT molecular complexity index is 749. The first-order valence-corrected chi connectivity index (χ1v) is 8.24. The van der Waals surface area contributed by atoms with Crippen LogP contribution in [0.1, 0.15) is 12.0 Å². The van der Waals surface area contributed by atoms with E-state index in [0.29, 0.717) is 0 Å². The smallest absolute Gasteiger partial charge is 0.163 e. The van der Waals surface area contributed by atoms with Crippen LogP contribution in [-0.2, 0) is 6.42 Å². The fourth-order valence-corrected chi connectivity index (χ4v) is 3.61. The molecule has 4 rings (SSSR count). The van der Waals surface area contributed by atoms with Gasteiger partial charge in [0.1, 0.15) is 10.9 Å². The summed E-state index contributed by atoms with van der Waals surface area (Å²) in [5.41, 5.74) is 2.38. The molecular formula is C16H18ClN5S. The van der Waals surface area contributed by atoms with Gasteiger partial charge in [-0.05, 0) is 24.1 Å². The highest BCUT2D eigenvalue weighted by atomic mass is 35.5. The molecule has 2 aliphatic rings. The van der Waals surface area contributed by atoms with Crippen molar-refractivity contribution in [3.05, 3.63) is 36.2 Å². The number of anilines is 2. The quantitative estimate of drug-likeness (QED) is 0.770. The number of halogens is 1. The van der Waals surface area contributed by atoms with Crippen molar-refractivity contribution >= 4 is 41.5 Å². The second kappa shape index (κ2) is 6.76. The first-order chi connectivity index (χ1) is 10.8. The van der Waals surface area contributed by atoms with E-state index in [4.69, 9.17) is 0 Å². The van der Waals surface area contributed by atoms with Gasteiger partial charge in [0, 0.05) is 43.8 Å². The number of aromatic nitrogens is 2. The fourth-order valence-electron chi connectivity index (χ4n) is 2.73. The number of nitrogens with one attached hydrogen (secondary N) is 1. The number of nitrogens with zero attached hydrogens (tertiary/aromatic N) is 4. The molecule has 7 heteroatoms. The minimum absolute atomic E-state index is 0. The lowest BCUT2D eigenvalue weighted by Crippen LogP contribution is -2.33. The van der Waals surface area contributed by atoms with Gasteiger partial charge in [-0.25, -0.2) is 9.97 Å². The maximum Gasteiger partial charge on any atom is 0.163 e. The average molecular weight is 348 g/mol. The van der Waals surface area contributed by atoms with Crippen LogP contribution in [0.15, 0.2) is 45.5 Å². The maximum absolute atomic E-state index is 4.65. The fraction of sp³-hybridized carbons (Fsp3) is 0.312. The van der Waals surface area contributed by atoms with Gasteiger partial charge in [-0.2, -0.15) is 0 Å². The Balaban J connectivity index is 0.00000156. The maximum atomic E-state index is 4.65. The lowest BCUT2D eigenvalue weighted by Gasteiger charge is -2.25. The van der Waals surface area contributed by atoms with Crippen LogP contribution in [0.2, 0.25) is 0 Å². The number of aliphatic imine (C=N–C) groups is 1. The van der Waals surface area contributed by atoms with Crippen LogP contribution in [0.4, 0.5) is 11.5 Å². The monoisotopic (exact) mass is 347 g/mol.